The van der Waals surface area contributed by atoms with Gasteiger partial charge in [-0.05, 0) is 73.5 Å². The molecule has 37 heavy (non-hydrogen) atoms. The Morgan fingerprint density at radius 1 is 0.946 bits per heavy atom. The van der Waals surface area contributed by atoms with E-state index in [9.17, 15) is 18.8 Å². The van der Waals surface area contributed by atoms with E-state index in [0.717, 1.165) is 11.1 Å². The van der Waals surface area contributed by atoms with E-state index in [1.807, 2.05) is 18.2 Å². The Morgan fingerprint density at radius 2 is 1.62 bits per heavy atom. The van der Waals surface area contributed by atoms with Crippen molar-refractivity contribution in [2.75, 3.05) is 13.7 Å². The molecule has 1 aromatic heterocycles. The number of benzene rings is 3. The molecule has 7 nitrogen and oxygen atoms in total. The van der Waals surface area contributed by atoms with Crippen molar-refractivity contribution in [3.63, 3.8) is 0 Å². The number of ether oxygens (including phenoxy) is 1. The Morgan fingerprint density at radius 3 is 2.30 bits per heavy atom. The van der Waals surface area contributed by atoms with E-state index in [1.165, 1.54) is 19.2 Å². The summed E-state index contributed by atoms with van der Waals surface area (Å²) in [5.74, 6) is -1.31. The molecule has 0 fully saturated rings. The van der Waals surface area contributed by atoms with Gasteiger partial charge in [0.1, 0.15) is 23.2 Å². The number of esters is 1. The van der Waals surface area contributed by atoms with E-state index >= 15 is 0 Å². The van der Waals surface area contributed by atoms with Crippen LogP contribution in [0.25, 0.3) is 33.4 Å². The van der Waals surface area contributed by atoms with Gasteiger partial charge in [-0.3, -0.25) is 9.59 Å². The Balaban J connectivity index is 0.00000380. The molecule has 0 aliphatic carbocycles. The van der Waals surface area contributed by atoms with Crippen LogP contribution in [-0.2, 0) is 9.53 Å². The molecule has 0 spiro atoms. The van der Waals surface area contributed by atoms with E-state index in [1.54, 1.807) is 50.2 Å². The Bertz CT molecular complexity index is 1440. The summed E-state index contributed by atoms with van der Waals surface area (Å²) >= 11 is 0. The Kier molecular flexibility index (Phi) is 8.45. The summed E-state index contributed by atoms with van der Waals surface area (Å²) in [5, 5.41) is 5.86. The lowest BCUT2D eigenvalue weighted by atomic mass is 9.99. The molecule has 1 heterocycles. The number of halogens is 1. The number of amides is 2. The smallest absolute Gasteiger partial charge is 0.328 e. The fraction of sp³-hybridized carbons (Fsp3) is 0.207. The number of fused-ring (bicyclic) bond motifs is 1. The molecule has 0 unspecified atom stereocenters. The van der Waals surface area contributed by atoms with Crippen molar-refractivity contribution >= 4 is 28.8 Å². The minimum atomic E-state index is -0.789. The highest BCUT2D eigenvalue weighted by atomic mass is 19.1. The van der Waals surface area contributed by atoms with Gasteiger partial charge < -0.3 is 19.8 Å². The van der Waals surface area contributed by atoms with E-state index in [0.29, 0.717) is 33.4 Å². The van der Waals surface area contributed by atoms with Crippen LogP contribution in [0.1, 0.15) is 42.0 Å². The number of hydrogen-bond donors (Lipinski definition) is 2. The third-order valence-corrected chi connectivity index (χ3v) is 5.69. The fourth-order valence-electron chi connectivity index (χ4n) is 3.88. The van der Waals surface area contributed by atoms with Crippen molar-refractivity contribution in [1.29, 1.82) is 0 Å². The average molecular weight is 505 g/mol. The maximum Gasteiger partial charge on any atom is 0.328 e. The molecule has 4 aromatic rings. The molecule has 0 saturated carbocycles. The van der Waals surface area contributed by atoms with Crippen LogP contribution in [0, 0.1) is 5.82 Å². The van der Waals surface area contributed by atoms with Gasteiger partial charge in [-0.25, -0.2) is 9.18 Å². The first-order valence-electron chi connectivity index (χ1n) is 11.4. The van der Waals surface area contributed by atoms with Crippen LogP contribution in [0.4, 0.5) is 4.39 Å². The first kappa shape index (κ1) is 27.1. The predicted molar refractivity (Wildman–Crippen MR) is 141 cm³/mol. The van der Waals surface area contributed by atoms with E-state index in [2.05, 4.69) is 10.6 Å². The van der Waals surface area contributed by atoms with Crippen LogP contribution in [0.15, 0.2) is 71.1 Å². The molecule has 0 radical (unpaired) electrons. The number of carbonyl (C=O) groups is 3. The lowest BCUT2D eigenvalue weighted by Gasteiger charge is -2.13. The second-order valence-corrected chi connectivity index (χ2v) is 8.13. The van der Waals surface area contributed by atoms with Gasteiger partial charge in [0.25, 0.3) is 11.8 Å². The molecule has 0 aliphatic rings. The Labute approximate surface area is 214 Å². The zero-order valence-electron chi connectivity index (χ0n) is 20.1. The number of hydrogen-bond acceptors (Lipinski definition) is 5. The SMILES string of the molecule is C.CCOC(=O)[C@H](C)NC(=O)c1cccc(-c2ccc3oc(-c4ccc(F)cc4)c(C(=O)NC)c3c2)c1. The number of carbonyl (C=O) groups excluding carboxylic acids is 3. The number of rotatable bonds is 7. The molecule has 2 amide bonds. The van der Waals surface area contributed by atoms with Crippen molar-refractivity contribution in [3.8, 4) is 22.5 Å². The summed E-state index contributed by atoms with van der Waals surface area (Å²) in [6, 6.07) is 17.3. The van der Waals surface area contributed by atoms with Crippen molar-refractivity contribution < 1.29 is 27.9 Å². The van der Waals surface area contributed by atoms with Gasteiger partial charge in [0.2, 0.25) is 0 Å². The van der Waals surface area contributed by atoms with Crippen LogP contribution in [0.5, 0.6) is 0 Å². The first-order valence-corrected chi connectivity index (χ1v) is 11.4. The van der Waals surface area contributed by atoms with Crippen LogP contribution >= 0.6 is 0 Å². The predicted octanol–water partition coefficient (Wildman–Crippen LogP) is 5.58. The van der Waals surface area contributed by atoms with Crippen molar-refractivity contribution in [3.05, 3.63) is 83.7 Å². The zero-order chi connectivity index (χ0) is 25.8. The van der Waals surface area contributed by atoms with E-state index in [4.69, 9.17) is 9.15 Å². The average Bonchev–Trinajstić information content (AvgIpc) is 3.27. The van der Waals surface area contributed by atoms with Gasteiger partial charge >= 0.3 is 5.97 Å². The molecule has 192 valence electrons. The first-order chi connectivity index (χ1) is 17.3. The fourth-order valence-corrected chi connectivity index (χ4v) is 3.88. The van der Waals surface area contributed by atoms with Crippen LogP contribution in [0.3, 0.4) is 0 Å². The van der Waals surface area contributed by atoms with Gasteiger partial charge in [-0.1, -0.05) is 25.6 Å². The van der Waals surface area contributed by atoms with Gasteiger partial charge in [0, 0.05) is 23.6 Å². The summed E-state index contributed by atoms with van der Waals surface area (Å²) in [7, 11) is 1.53. The molecule has 8 heteroatoms. The van der Waals surface area contributed by atoms with Crippen molar-refractivity contribution in [2.24, 2.45) is 0 Å². The molecule has 3 aromatic carbocycles. The standard InChI is InChI=1S/C28H25FN2O5.CH4/c1-4-35-28(34)16(2)31-26(32)20-7-5-6-18(14-20)19-10-13-23-22(15-19)24(27(33)30-3)25(36-23)17-8-11-21(29)12-9-17;/h5-16H,4H2,1-3H3,(H,30,33)(H,31,32);1H4/t16-;/m0./s1. The summed E-state index contributed by atoms with van der Waals surface area (Å²) < 4.78 is 24.4. The molecular formula is C29H29FN2O5. The van der Waals surface area contributed by atoms with Gasteiger partial charge in [0.05, 0.1) is 12.2 Å². The monoisotopic (exact) mass is 504 g/mol. The van der Waals surface area contributed by atoms with Crippen molar-refractivity contribution in [1.82, 2.24) is 10.6 Å². The quantitative estimate of drug-likeness (QED) is 0.320. The van der Waals surface area contributed by atoms with Crippen LogP contribution < -0.4 is 10.6 Å². The van der Waals surface area contributed by atoms with Gasteiger partial charge in [-0.2, -0.15) is 0 Å². The molecule has 0 aliphatic heterocycles. The molecular weight excluding hydrogens is 475 g/mol. The largest absolute Gasteiger partial charge is 0.464 e. The number of nitrogens with one attached hydrogen (secondary N) is 2. The highest BCUT2D eigenvalue weighted by molar-refractivity contribution is 6.12. The van der Waals surface area contributed by atoms with Gasteiger partial charge in [0.15, 0.2) is 0 Å². The normalized spacial score (nSPS) is 11.4. The highest BCUT2D eigenvalue weighted by Crippen LogP contribution is 2.36. The maximum atomic E-state index is 13.4. The Hall–Kier alpha value is -4.46. The van der Waals surface area contributed by atoms with Crippen LogP contribution in [0.2, 0.25) is 0 Å². The molecule has 2 N–H and O–H groups in total. The van der Waals surface area contributed by atoms with Crippen LogP contribution in [-0.4, -0.2) is 37.5 Å². The third-order valence-electron chi connectivity index (χ3n) is 5.69. The zero-order valence-corrected chi connectivity index (χ0v) is 20.1. The molecule has 4 rings (SSSR count). The molecule has 0 bridgehead atoms. The summed E-state index contributed by atoms with van der Waals surface area (Å²) in [4.78, 5) is 37.4. The third kappa shape index (κ3) is 5.69. The molecule has 1 atom stereocenters. The summed E-state index contributed by atoms with van der Waals surface area (Å²) in [5.41, 5.74) is 3.26. The minimum Gasteiger partial charge on any atom is -0.464 e. The summed E-state index contributed by atoms with van der Waals surface area (Å²) in [6.07, 6.45) is 0. The van der Waals surface area contributed by atoms with E-state index in [-0.39, 0.29) is 25.8 Å². The molecule has 0 saturated heterocycles. The second-order valence-electron chi connectivity index (χ2n) is 8.13. The highest BCUT2D eigenvalue weighted by Gasteiger charge is 2.22. The second kappa shape index (κ2) is 11.5. The topological polar surface area (TPSA) is 97.6 Å². The van der Waals surface area contributed by atoms with Crippen molar-refractivity contribution in [2.45, 2.75) is 27.3 Å². The maximum absolute atomic E-state index is 13.4. The van der Waals surface area contributed by atoms with E-state index < -0.39 is 17.9 Å². The van der Waals surface area contributed by atoms with Gasteiger partial charge in [-0.15, -0.1) is 0 Å². The summed E-state index contributed by atoms with van der Waals surface area (Å²) in [6.45, 7) is 3.49. The number of furan rings is 1. The lowest BCUT2D eigenvalue weighted by Crippen LogP contribution is -2.39. The minimum absolute atomic E-state index is 0. The lowest BCUT2D eigenvalue weighted by molar-refractivity contribution is -0.144.